The molecule has 0 aliphatic heterocycles. The maximum absolute atomic E-state index is 12.4. The summed E-state index contributed by atoms with van der Waals surface area (Å²) in [4.78, 5) is 12.0. The molecule has 2 aromatic carbocycles. The van der Waals surface area contributed by atoms with Gasteiger partial charge in [-0.25, -0.2) is 0 Å². The summed E-state index contributed by atoms with van der Waals surface area (Å²) in [5, 5.41) is 2.50. The van der Waals surface area contributed by atoms with Crippen LogP contribution in [-0.4, -0.2) is 19.6 Å². The van der Waals surface area contributed by atoms with Gasteiger partial charge in [0.25, 0.3) is 0 Å². The Morgan fingerprint density at radius 1 is 1.21 bits per heavy atom. The largest absolute Gasteiger partial charge is 0.496 e. The first kappa shape index (κ1) is 17.9. The van der Waals surface area contributed by atoms with Gasteiger partial charge in [0.15, 0.2) is 0 Å². The van der Waals surface area contributed by atoms with Gasteiger partial charge in [0.2, 0.25) is 5.91 Å². The summed E-state index contributed by atoms with van der Waals surface area (Å²) in [7, 11) is 1.53. The minimum Gasteiger partial charge on any atom is -0.496 e. The van der Waals surface area contributed by atoms with E-state index in [1.54, 1.807) is 24.3 Å². The molecule has 2 aromatic rings. The number of nitrogens with one attached hydrogen (secondary N) is 1. The first-order chi connectivity index (χ1) is 11.5. The standard InChI is InChI=1S/C17H14BrF2NO3/c1-23-14-8-7-12(18)10-11(14)6-9-16(22)21-13-4-2-3-5-15(13)24-17(19)20/h2-10,17H,1H3,(H,21,22). The van der Waals surface area contributed by atoms with Crippen molar-refractivity contribution >= 4 is 33.6 Å². The predicted octanol–water partition coefficient (Wildman–Crippen LogP) is 4.71. The second kappa shape index (κ2) is 8.44. The van der Waals surface area contributed by atoms with Gasteiger partial charge < -0.3 is 14.8 Å². The van der Waals surface area contributed by atoms with Gasteiger partial charge >= 0.3 is 6.61 Å². The fourth-order valence-electron chi connectivity index (χ4n) is 1.94. The number of alkyl halides is 2. The molecule has 126 valence electrons. The summed E-state index contributed by atoms with van der Waals surface area (Å²) < 4.78 is 35.1. The molecule has 0 aliphatic rings. The summed E-state index contributed by atoms with van der Waals surface area (Å²) in [5.74, 6) is 0.0142. The Labute approximate surface area is 146 Å². The Hall–Kier alpha value is -2.41. The molecule has 0 heterocycles. The van der Waals surface area contributed by atoms with Crippen molar-refractivity contribution in [3.63, 3.8) is 0 Å². The third-order valence-electron chi connectivity index (χ3n) is 2.97. The van der Waals surface area contributed by atoms with E-state index in [-0.39, 0.29) is 11.4 Å². The Bertz CT molecular complexity index is 750. The molecule has 0 aliphatic carbocycles. The minimum absolute atomic E-state index is 0.103. The average molecular weight is 398 g/mol. The van der Waals surface area contributed by atoms with E-state index in [0.717, 1.165) is 4.47 Å². The number of benzene rings is 2. The lowest BCUT2D eigenvalue weighted by Crippen LogP contribution is -2.11. The number of methoxy groups -OCH3 is 1. The molecular weight excluding hydrogens is 384 g/mol. The smallest absolute Gasteiger partial charge is 0.387 e. The van der Waals surface area contributed by atoms with Gasteiger partial charge in [0.1, 0.15) is 11.5 Å². The summed E-state index contributed by atoms with van der Waals surface area (Å²) in [6.45, 7) is -2.97. The molecule has 1 N–H and O–H groups in total. The van der Waals surface area contributed by atoms with Crippen molar-refractivity contribution in [3.8, 4) is 11.5 Å². The van der Waals surface area contributed by atoms with Crippen LogP contribution in [0.15, 0.2) is 53.0 Å². The van der Waals surface area contributed by atoms with Crippen molar-refractivity contribution < 1.29 is 23.0 Å². The topological polar surface area (TPSA) is 47.6 Å². The van der Waals surface area contributed by atoms with Gasteiger partial charge in [-0.3, -0.25) is 4.79 Å². The maximum atomic E-state index is 12.4. The predicted molar refractivity (Wildman–Crippen MR) is 91.4 cm³/mol. The van der Waals surface area contributed by atoms with Crippen molar-refractivity contribution in [3.05, 3.63) is 58.6 Å². The normalized spacial score (nSPS) is 10.9. The zero-order chi connectivity index (χ0) is 17.5. The van der Waals surface area contributed by atoms with Gasteiger partial charge in [-0.1, -0.05) is 28.1 Å². The first-order valence-electron chi connectivity index (χ1n) is 6.86. The third-order valence-corrected chi connectivity index (χ3v) is 3.46. The molecule has 0 unspecified atom stereocenters. The Balaban J connectivity index is 2.13. The van der Waals surface area contributed by atoms with Gasteiger partial charge in [0, 0.05) is 16.1 Å². The van der Waals surface area contributed by atoms with E-state index in [4.69, 9.17) is 4.74 Å². The van der Waals surface area contributed by atoms with Crippen LogP contribution in [0.5, 0.6) is 11.5 Å². The van der Waals surface area contributed by atoms with Crippen molar-refractivity contribution in [1.82, 2.24) is 0 Å². The summed E-state index contributed by atoms with van der Waals surface area (Å²) in [6.07, 6.45) is 2.85. The van der Waals surface area contributed by atoms with Crippen LogP contribution < -0.4 is 14.8 Å². The number of rotatable bonds is 6. The number of anilines is 1. The highest BCUT2D eigenvalue weighted by atomic mass is 79.9. The van der Waals surface area contributed by atoms with Crippen molar-refractivity contribution in [2.24, 2.45) is 0 Å². The molecule has 0 aromatic heterocycles. The molecule has 0 fully saturated rings. The lowest BCUT2D eigenvalue weighted by Gasteiger charge is -2.10. The molecule has 2 rings (SSSR count). The zero-order valence-corrected chi connectivity index (χ0v) is 14.2. The lowest BCUT2D eigenvalue weighted by atomic mass is 10.2. The monoisotopic (exact) mass is 397 g/mol. The number of amides is 1. The molecule has 4 nitrogen and oxygen atoms in total. The average Bonchev–Trinajstić information content (AvgIpc) is 2.54. The Morgan fingerprint density at radius 3 is 2.67 bits per heavy atom. The molecule has 7 heteroatoms. The Kier molecular flexibility index (Phi) is 6.31. The molecule has 24 heavy (non-hydrogen) atoms. The van der Waals surface area contributed by atoms with Gasteiger partial charge in [-0.05, 0) is 36.4 Å². The SMILES string of the molecule is COc1ccc(Br)cc1C=CC(=O)Nc1ccccc1OC(F)F. The van der Waals surface area contributed by atoms with Gasteiger partial charge in [-0.2, -0.15) is 8.78 Å². The number of hydrogen-bond acceptors (Lipinski definition) is 3. The van der Waals surface area contributed by atoms with Crippen LogP contribution in [0.4, 0.5) is 14.5 Å². The van der Waals surface area contributed by atoms with E-state index >= 15 is 0 Å². The van der Waals surface area contributed by atoms with Crippen LogP contribution in [0.25, 0.3) is 6.08 Å². The summed E-state index contributed by atoms with van der Waals surface area (Å²) in [5.41, 5.74) is 0.854. The number of hydrogen-bond donors (Lipinski definition) is 1. The highest BCUT2D eigenvalue weighted by Gasteiger charge is 2.10. The second-order valence-corrected chi connectivity index (χ2v) is 5.50. The minimum atomic E-state index is -2.97. The molecule has 0 bridgehead atoms. The number of para-hydroxylation sites is 2. The highest BCUT2D eigenvalue weighted by Crippen LogP contribution is 2.26. The van der Waals surface area contributed by atoms with Crippen LogP contribution in [0, 0.1) is 0 Å². The fourth-order valence-corrected chi connectivity index (χ4v) is 2.32. The highest BCUT2D eigenvalue weighted by molar-refractivity contribution is 9.10. The van der Waals surface area contributed by atoms with Crippen LogP contribution in [0.3, 0.4) is 0 Å². The second-order valence-electron chi connectivity index (χ2n) is 4.58. The molecule has 0 saturated heterocycles. The van der Waals surface area contributed by atoms with Crippen molar-refractivity contribution in [2.75, 3.05) is 12.4 Å². The van der Waals surface area contributed by atoms with E-state index in [0.29, 0.717) is 11.3 Å². The number of carbonyl (C=O) groups is 1. The van der Waals surface area contributed by atoms with E-state index in [1.165, 1.54) is 31.4 Å². The number of carbonyl (C=O) groups excluding carboxylic acids is 1. The fraction of sp³-hybridized carbons (Fsp3) is 0.118. The van der Waals surface area contributed by atoms with Gasteiger partial charge in [0.05, 0.1) is 12.8 Å². The van der Waals surface area contributed by atoms with Crippen molar-refractivity contribution in [2.45, 2.75) is 6.61 Å². The Morgan fingerprint density at radius 2 is 1.96 bits per heavy atom. The van der Waals surface area contributed by atoms with Crippen LogP contribution in [0.1, 0.15) is 5.56 Å². The lowest BCUT2D eigenvalue weighted by molar-refractivity contribution is -0.111. The summed E-state index contributed by atoms with van der Waals surface area (Å²) >= 11 is 3.34. The summed E-state index contributed by atoms with van der Waals surface area (Å²) in [6, 6.07) is 11.3. The van der Waals surface area contributed by atoms with Gasteiger partial charge in [-0.15, -0.1) is 0 Å². The third kappa shape index (κ3) is 5.06. The van der Waals surface area contributed by atoms with E-state index in [2.05, 4.69) is 26.0 Å². The molecule has 0 saturated carbocycles. The molecule has 0 atom stereocenters. The molecule has 1 amide bonds. The molecular formula is C17H14BrF2NO3. The molecule has 0 radical (unpaired) electrons. The number of halogens is 3. The zero-order valence-electron chi connectivity index (χ0n) is 12.6. The van der Waals surface area contributed by atoms with E-state index in [1.807, 2.05) is 6.07 Å². The van der Waals surface area contributed by atoms with Crippen molar-refractivity contribution in [1.29, 1.82) is 0 Å². The maximum Gasteiger partial charge on any atom is 0.387 e. The van der Waals surface area contributed by atoms with Crippen LogP contribution in [-0.2, 0) is 4.79 Å². The first-order valence-corrected chi connectivity index (χ1v) is 7.65. The van der Waals surface area contributed by atoms with Crippen LogP contribution in [0.2, 0.25) is 0 Å². The van der Waals surface area contributed by atoms with Crippen LogP contribution >= 0.6 is 15.9 Å². The molecule has 0 spiro atoms. The number of ether oxygens (including phenoxy) is 2. The van der Waals surface area contributed by atoms with E-state index < -0.39 is 12.5 Å². The quantitative estimate of drug-likeness (QED) is 0.717. The van der Waals surface area contributed by atoms with E-state index in [9.17, 15) is 13.6 Å².